The number of nitrogens with zero attached hydrogens (tertiary/aromatic N) is 2. The summed E-state index contributed by atoms with van der Waals surface area (Å²) in [6.45, 7) is 1.97. The van der Waals surface area contributed by atoms with Gasteiger partial charge in [0.25, 0.3) is 0 Å². The third-order valence-electron chi connectivity index (χ3n) is 4.07. The van der Waals surface area contributed by atoms with Crippen molar-refractivity contribution >= 4 is 17.7 Å². The predicted molar refractivity (Wildman–Crippen MR) is 89.6 cm³/mol. The van der Waals surface area contributed by atoms with E-state index in [1.807, 2.05) is 29.2 Å². The van der Waals surface area contributed by atoms with E-state index in [1.165, 1.54) is 6.07 Å². The first-order valence-electron chi connectivity index (χ1n) is 7.91. The van der Waals surface area contributed by atoms with Crippen molar-refractivity contribution < 1.29 is 14.7 Å². The monoisotopic (exact) mass is 325 g/mol. The van der Waals surface area contributed by atoms with E-state index in [0.717, 1.165) is 24.1 Å². The number of nitrogens with one attached hydrogen (secondary N) is 1. The van der Waals surface area contributed by atoms with Gasteiger partial charge in [0.1, 0.15) is 11.4 Å². The number of carbonyl (C=O) groups excluding carboxylic acids is 1. The van der Waals surface area contributed by atoms with Crippen molar-refractivity contribution in [3.63, 3.8) is 0 Å². The number of pyridine rings is 1. The van der Waals surface area contributed by atoms with Gasteiger partial charge in [-0.3, -0.25) is 4.79 Å². The number of aromatic carboxylic acids is 1. The van der Waals surface area contributed by atoms with Crippen LogP contribution < -0.4 is 5.32 Å². The standard InChI is InChI=1S/C18H19N3O3/c22-16-4-2-10-21(16)12-14-7-5-13(6-8-14)11-20-17-15(18(23)24)3-1-9-19-17/h1,3,5-9H,2,4,10-12H2,(H,19,20)(H,23,24). The van der Waals surface area contributed by atoms with Crippen LogP contribution in [0.5, 0.6) is 0 Å². The first-order valence-corrected chi connectivity index (χ1v) is 7.91. The molecule has 0 saturated carbocycles. The summed E-state index contributed by atoms with van der Waals surface area (Å²) in [6.07, 6.45) is 3.15. The van der Waals surface area contributed by atoms with Crippen LogP contribution in [0.25, 0.3) is 0 Å². The summed E-state index contributed by atoms with van der Waals surface area (Å²) in [5.74, 6) is -0.426. The lowest BCUT2D eigenvalue weighted by Gasteiger charge is -2.15. The topological polar surface area (TPSA) is 82.5 Å². The molecule has 0 radical (unpaired) electrons. The molecule has 2 heterocycles. The molecule has 1 aromatic heterocycles. The number of carboxylic acid groups (broad SMARTS) is 1. The second kappa shape index (κ2) is 7.12. The lowest BCUT2D eigenvalue weighted by molar-refractivity contribution is -0.128. The number of benzene rings is 1. The molecular weight excluding hydrogens is 306 g/mol. The minimum atomic E-state index is -1.00. The van der Waals surface area contributed by atoms with Crippen molar-refractivity contribution in [3.05, 3.63) is 59.3 Å². The number of hydrogen-bond donors (Lipinski definition) is 2. The molecule has 3 rings (SSSR count). The highest BCUT2D eigenvalue weighted by molar-refractivity contribution is 5.92. The second-order valence-corrected chi connectivity index (χ2v) is 5.79. The number of amides is 1. The fourth-order valence-electron chi connectivity index (χ4n) is 2.76. The summed E-state index contributed by atoms with van der Waals surface area (Å²) >= 11 is 0. The van der Waals surface area contributed by atoms with Crippen molar-refractivity contribution in [2.24, 2.45) is 0 Å². The second-order valence-electron chi connectivity index (χ2n) is 5.79. The molecule has 1 fully saturated rings. The molecular formula is C18H19N3O3. The van der Waals surface area contributed by atoms with E-state index < -0.39 is 5.97 Å². The van der Waals surface area contributed by atoms with Crippen LogP contribution in [0.1, 0.15) is 34.3 Å². The maximum atomic E-state index is 11.7. The highest BCUT2D eigenvalue weighted by Crippen LogP contribution is 2.16. The van der Waals surface area contributed by atoms with Crippen molar-refractivity contribution in [1.82, 2.24) is 9.88 Å². The van der Waals surface area contributed by atoms with Gasteiger partial charge in [-0.05, 0) is 29.7 Å². The van der Waals surface area contributed by atoms with Gasteiger partial charge in [-0.25, -0.2) is 9.78 Å². The molecule has 1 saturated heterocycles. The molecule has 6 heteroatoms. The van der Waals surface area contributed by atoms with Gasteiger partial charge in [-0.1, -0.05) is 24.3 Å². The van der Waals surface area contributed by atoms with E-state index in [9.17, 15) is 9.59 Å². The highest BCUT2D eigenvalue weighted by Gasteiger charge is 2.19. The number of aromatic nitrogens is 1. The van der Waals surface area contributed by atoms with Crippen molar-refractivity contribution in [1.29, 1.82) is 0 Å². The Morgan fingerprint density at radius 1 is 1.21 bits per heavy atom. The average Bonchev–Trinajstić information content (AvgIpc) is 2.99. The minimum absolute atomic E-state index is 0.154. The fourth-order valence-corrected chi connectivity index (χ4v) is 2.76. The molecule has 0 bridgehead atoms. The fraction of sp³-hybridized carbons (Fsp3) is 0.278. The molecule has 124 valence electrons. The number of rotatable bonds is 6. The molecule has 1 aliphatic heterocycles. The Hall–Kier alpha value is -2.89. The zero-order valence-electron chi connectivity index (χ0n) is 13.2. The minimum Gasteiger partial charge on any atom is -0.478 e. The Morgan fingerprint density at radius 3 is 2.62 bits per heavy atom. The van der Waals surface area contributed by atoms with E-state index in [4.69, 9.17) is 5.11 Å². The molecule has 1 aliphatic rings. The molecule has 2 aromatic rings. The predicted octanol–water partition coefficient (Wildman–Crippen LogP) is 2.51. The van der Waals surface area contributed by atoms with Gasteiger partial charge in [0.2, 0.25) is 5.91 Å². The van der Waals surface area contributed by atoms with Crippen LogP contribution in [-0.4, -0.2) is 33.4 Å². The average molecular weight is 325 g/mol. The molecule has 1 aromatic carbocycles. The van der Waals surface area contributed by atoms with Gasteiger partial charge in [0.15, 0.2) is 0 Å². The Balaban J connectivity index is 1.60. The Bertz CT molecular complexity index is 743. The lowest BCUT2D eigenvalue weighted by atomic mass is 10.1. The normalized spacial score (nSPS) is 14.0. The molecule has 0 unspecified atom stereocenters. The number of carbonyl (C=O) groups is 2. The van der Waals surface area contributed by atoms with Crippen LogP contribution >= 0.6 is 0 Å². The van der Waals surface area contributed by atoms with Crippen molar-refractivity contribution in [2.75, 3.05) is 11.9 Å². The number of carboxylic acids is 1. The first kappa shape index (κ1) is 16.0. The van der Waals surface area contributed by atoms with E-state index in [2.05, 4.69) is 10.3 Å². The first-order chi connectivity index (χ1) is 11.6. The van der Waals surface area contributed by atoms with E-state index in [0.29, 0.717) is 25.3 Å². The van der Waals surface area contributed by atoms with Crippen molar-refractivity contribution in [3.8, 4) is 0 Å². The summed E-state index contributed by atoms with van der Waals surface area (Å²) in [5.41, 5.74) is 2.27. The summed E-state index contributed by atoms with van der Waals surface area (Å²) in [4.78, 5) is 28.8. The summed E-state index contributed by atoms with van der Waals surface area (Å²) < 4.78 is 0. The van der Waals surface area contributed by atoms with Crippen LogP contribution in [0.3, 0.4) is 0 Å². The molecule has 0 aliphatic carbocycles. The van der Waals surface area contributed by atoms with E-state index >= 15 is 0 Å². The quantitative estimate of drug-likeness (QED) is 0.853. The van der Waals surface area contributed by atoms with Crippen LogP contribution in [0, 0.1) is 0 Å². The lowest BCUT2D eigenvalue weighted by Crippen LogP contribution is -2.23. The highest BCUT2D eigenvalue weighted by atomic mass is 16.4. The maximum Gasteiger partial charge on any atom is 0.339 e. The van der Waals surface area contributed by atoms with E-state index in [-0.39, 0.29) is 11.5 Å². The Labute approximate surface area is 140 Å². The Morgan fingerprint density at radius 2 is 1.96 bits per heavy atom. The summed E-state index contributed by atoms with van der Waals surface area (Å²) in [5, 5.41) is 12.2. The van der Waals surface area contributed by atoms with Gasteiger partial charge >= 0.3 is 5.97 Å². The van der Waals surface area contributed by atoms with Crippen LogP contribution in [0.15, 0.2) is 42.6 Å². The van der Waals surface area contributed by atoms with Crippen LogP contribution in [0.2, 0.25) is 0 Å². The number of hydrogen-bond acceptors (Lipinski definition) is 4. The molecule has 2 N–H and O–H groups in total. The third-order valence-corrected chi connectivity index (χ3v) is 4.07. The molecule has 0 spiro atoms. The van der Waals surface area contributed by atoms with Gasteiger partial charge < -0.3 is 15.3 Å². The summed E-state index contributed by atoms with van der Waals surface area (Å²) in [6, 6.07) is 11.1. The number of anilines is 1. The number of likely N-dealkylation sites (tertiary alicyclic amines) is 1. The molecule has 6 nitrogen and oxygen atoms in total. The molecule has 1 amide bonds. The smallest absolute Gasteiger partial charge is 0.339 e. The zero-order valence-corrected chi connectivity index (χ0v) is 13.2. The Kier molecular flexibility index (Phi) is 4.74. The van der Waals surface area contributed by atoms with Gasteiger partial charge in [-0.2, -0.15) is 0 Å². The third kappa shape index (κ3) is 3.71. The van der Waals surface area contributed by atoms with Crippen LogP contribution in [-0.2, 0) is 17.9 Å². The largest absolute Gasteiger partial charge is 0.478 e. The van der Waals surface area contributed by atoms with Gasteiger partial charge in [0.05, 0.1) is 0 Å². The van der Waals surface area contributed by atoms with Gasteiger partial charge in [0, 0.05) is 32.3 Å². The van der Waals surface area contributed by atoms with E-state index in [1.54, 1.807) is 12.3 Å². The zero-order chi connectivity index (χ0) is 16.9. The molecule has 24 heavy (non-hydrogen) atoms. The van der Waals surface area contributed by atoms with Crippen molar-refractivity contribution in [2.45, 2.75) is 25.9 Å². The summed E-state index contributed by atoms with van der Waals surface area (Å²) in [7, 11) is 0. The molecule has 0 atom stereocenters. The maximum absolute atomic E-state index is 11.7. The SMILES string of the molecule is O=C(O)c1cccnc1NCc1ccc(CN2CCCC2=O)cc1. The van der Waals surface area contributed by atoms with Gasteiger partial charge in [-0.15, -0.1) is 0 Å². The van der Waals surface area contributed by atoms with Crippen LogP contribution in [0.4, 0.5) is 5.82 Å².